The number of hydrogen-bond acceptors (Lipinski definition) is 5. The first kappa shape index (κ1) is 22.2. The minimum atomic E-state index is -0.367. The van der Waals surface area contributed by atoms with Crippen molar-refractivity contribution in [1.29, 1.82) is 0 Å². The van der Waals surface area contributed by atoms with Gasteiger partial charge in [0.25, 0.3) is 0 Å². The number of anilines is 1. The number of amides is 2. The third-order valence-corrected chi connectivity index (χ3v) is 6.36. The van der Waals surface area contributed by atoms with Crippen LogP contribution < -0.4 is 4.90 Å². The van der Waals surface area contributed by atoms with Crippen LogP contribution in [0.4, 0.5) is 5.82 Å². The van der Waals surface area contributed by atoms with E-state index in [9.17, 15) is 9.59 Å². The molecule has 0 radical (unpaired) electrons. The molecule has 7 heteroatoms. The summed E-state index contributed by atoms with van der Waals surface area (Å²) in [4.78, 5) is 40.9. The molecule has 2 aliphatic heterocycles. The molecule has 2 saturated heterocycles. The van der Waals surface area contributed by atoms with Crippen molar-refractivity contribution in [3.05, 3.63) is 42.6 Å². The van der Waals surface area contributed by atoms with Crippen molar-refractivity contribution in [2.24, 2.45) is 11.3 Å². The van der Waals surface area contributed by atoms with Crippen molar-refractivity contribution < 1.29 is 9.59 Å². The molecule has 2 aromatic rings. The lowest BCUT2D eigenvalue weighted by atomic mass is 9.90. The van der Waals surface area contributed by atoms with Gasteiger partial charge in [0.2, 0.25) is 11.8 Å². The molecule has 32 heavy (non-hydrogen) atoms. The number of carbonyl (C=O) groups is 2. The minimum Gasteiger partial charge on any atom is -0.353 e. The topological polar surface area (TPSA) is 69.6 Å². The van der Waals surface area contributed by atoms with Crippen molar-refractivity contribution in [2.45, 2.75) is 33.6 Å². The van der Waals surface area contributed by atoms with Crippen molar-refractivity contribution in [3.63, 3.8) is 0 Å². The fourth-order valence-electron chi connectivity index (χ4n) is 4.47. The number of likely N-dealkylation sites (tertiary alicyclic amines) is 1. The van der Waals surface area contributed by atoms with Gasteiger partial charge in [-0.05, 0) is 18.9 Å². The summed E-state index contributed by atoms with van der Waals surface area (Å²) in [5.41, 5.74) is 0.633. The van der Waals surface area contributed by atoms with Crippen molar-refractivity contribution in [3.8, 4) is 11.4 Å². The molecule has 2 aliphatic rings. The van der Waals surface area contributed by atoms with Crippen molar-refractivity contribution in [1.82, 2.24) is 19.8 Å². The Bertz CT molecular complexity index is 940. The second-order valence-electron chi connectivity index (χ2n) is 9.73. The van der Waals surface area contributed by atoms with Crippen LogP contribution in [0.3, 0.4) is 0 Å². The molecule has 0 unspecified atom stereocenters. The fourth-order valence-corrected chi connectivity index (χ4v) is 4.47. The number of hydrogen-bond donors (Lipinski definition) is 0. The predicted molar refractivity (Wildman–Crippen MR) is 125 cm³/mol. The zero-order chi connectivity index (χ0) is 22.7. The Hall–Kier alpha value is -2.96. The second kappa shape index (κ2) is 9.27. The normalized spacial score (nSPS) is 18.0. The smallest absolute Gasteiger partial charge is 0.227 e. The summed E-state index contributed by atoms with van der Waals surface area (Å²) in [6.45, 7) is 10.1. The van der Waals surface area contributed by atoms with Gasteiger partial charge in [0.15, 0.2) is 5.82 Å². The maximum absolute atomic E-state index is 13.1. The quantitative estimate of drug-likeness (QED) is 0.741. The van der Waals surface area contributed by atoms with Gasteiger partial charge in [-0.15, -0.1) is 0 Å². The number of benzene rings is 1. The van der Waals surface area contributed by atoms with Gasteiger partial charge < -0.3 is 14.7 Å². The van der Waals surface area contributed by atoms with Crippen LogP contribution in [0.25, 0.3) is 11.4 Å². The molecule has 3 heterocycles. The van der Waals surface area contributed by atoms with E-state index in [0.717, 1.165) is 43.1 Å². The first-order valence-corrected chi connectivity index (χ1v) is 11.5. The van der Waals surface area contributed by atoms with Gasteiger partial charge in [0.1, 0.15) is 5.82 Å². The summed E-state index contributed by atoms with van der Waals surface area (Å²) in [7, 11) is 0. The van der Waals surface area contributed by atoms with E-state index >= 15 is 0 Å². The highest BCUT2D eigenvalue weighted by Gasteiger charge is 2.34. The monoisotopic (exact) mass is 435 g/mol. The number of rotatable bonds is 3. The molecule has 4 rings (SSSR count). The lowest BCUT2D eigenvalue weighted by molar-refractivity contribution is -0.145. The predicted octanol–water partition coefficient (Wildman–Crippen LogP) is 3.08. The Labute approximate surface area is 190 Å². The summed E-state index contributed by atoms with van der Waals surface area (Å²) < 4.78 is 0. The third-order valence-electron chi connectivity index (χ3n) is 6.36. The van der Waals surface area contributed by atoms with Gasteiger partial charge in [0.05, 0.1) is 0 Å². The summed E-state index contributed by atoms with van der Waals surface area (Å²) in [6, 6.07) is 11.9. The van der Waals surface area contributed by atoms with E-state index in [-0.39, 0.29) is 23.1 Å². The molecular formula is C25H33N5O2. The summed E-state index contributed by atoms with van der Waals surface area (Å²) in [5, 5.41) is 0. The zero-order valence-electron chi connectivity index (χ0n) is 19.3. The van der Waals surface area contributed by atoms with Crippen LogP contribution in [0.5, 0.6) is 0 Å². The molecule has 0 spiro atoms. The molecule has 0 saturated carbocycles. The van der Waals surface area contributed by atoms with E-state index in [0.29, 0.717) is 26.2 Å². The maximum Gasteiger partial charge on any atom is 0.227 e. The van der Waals surface area contributed by atoms with Crippen LogP contribution in [0.2, 0.25) is 0 Å². The van der Waals surface area contributed by atoms with Gasteiger partial charge in [-0.3, -0.25) is 9.59 Å². The van der Waals surface area contributed by atoms with E-state index in [2.05, 4.69) is 9.88 Å². The second-order valence-corrected chi connectivity index (χ2v) is 9.73. The Kier molecular flexibility index (Phi) is 6.44. The fraction of sp³-hybridized carbons (Fsp3) is 0.520. The Balaban J connectivity index is 1.31. The van der Waals surface area contributed by atoms with Gasteiger partial charge >= 0.3 is 0 Å². The highest BCUT2D eigenvalue weighted by atomic mass is 16.2. The highest BCUT2D eigenvalue weighted by molar-refractivity contribution is 5.83. The molecule has 2 amide bonds. The lowest BCUT2D eigenvalue weighted by Gasteiger charge is -2.39. The Morgan fingerprint density at radius 2 is 1.53 bits per heavy atom. The van der Waals surface area contributed by atoms with Crippen molar-refractivity contribution >= 4 is 17.6 Å². The molecule has 7 nitrogen and oxygen atoms in total. The largest absolute Gasteiger partial charge is 0.353 e. The Morgan fingerprint density at radius 1 is 0.875 bits per heavy atom. The van der Waals surface area contributed by atoms with E-state index in [1.807, 2.05) is 67.0 Å². The number of aromatic nitrogens is 2. The zero-order valence-corrected chi connectivity index (χ0v) is 19.3. The average Bonchev–Trinajstić information content (AvgIpc) is 2.83. The molecule has 0 N–H and O–H groups in total. The molecule has 170 valence electrons. The first-order valence-electron chi connectivity index (χ1n) is 11.5. The highest BCUT2D eigenvalue weighted by Crippen LogP contribution is 2.26. The molecule has 0 bridgehead atoms. The van der Waals surface area contributed by atoms with E-state index in [1.165, 1.54) is 0 Å². The first-order chi connectivity index (χ1) is 15.3. The maximum atomic E-state index is 13.1. The van der Waals surface area contributed by atoms with E-state index < -0.39 is 0 Å². The van der Waals surface area contributed by atoms with E-state index in [1.54, 1.807) is 6.20 Å². The average molecular weight is 436 g/mol. The molecule has 0 atom stereocenters. The summed E-state index contributed by atoms with van der Waals surface area (Å²) >= 11 is 0. The van der Waals surface area contributed by atoms with Gasteiger partial charge in [-0.2, -0.15) is 0 Å². The van der Waals surface area contributed by atoms with Gasteiger partial charge in [-0.25, -0.2) is 9.97 Å². The van der Waals surface area contributed by atoms with Gasteiger partial charge in [0, 0.05) is 62.4 Å². The number of carbonyl (C=O) groups excluding carboxylic acids is 2. The summed E-state index contributed by atoms with van der Waals surface area (Å²) in [6.07, 6.45) is 3.31. The molecule has 0 aliphatic carbocycles. The van der Waals surface area contributed by atoms with Crippen LogP contribution in [-0.2, 0) is 9.59 Å². The van der Waals surface area contributed by atoms with Gasteiger partial charge in [-0.1, -0.05) is 51.1 Å². The Morgan fingerprint density at radius 3 is 2.16 bits per heavy atom. The number of piperazine rings is 1. The SMILES string of the molecule is CC(C)(C)C(=O)N1CCC(C(=O)N2CCN(c3ccnc(-c4ccccc4)n3)CC2)CC1. The van der Waals surface area contributed by atoms with E-state index in [4.69, 9.17) is 4.98 Å². The number of piperidine rings is 1. The number of nitrogens with zero attached hydrogens (tertiary/aromatic N) is 5. The van der Waals surface area contributed by atoms with Crippen LogP contribution in [0, 0.1) is 11.3 Å². The molecule has 1 aromatic carbocycles. The molecular weight excluding hydrogens is 402 g/mol. The van der Waals surface area contributed by atoms with Crippen LogP contribution >= 0.6 is 0 Å². The van der Waals surface area contributed by atoms with Crippen LogP contribution in [-0.4, -0.2) is 70.9 Å². The molecule has 1 aromatic heterocycles. The van der Waals surface area contributed by atoms with Crippen LogP contribution in [0.15, 0.2) is 42.6 Å². The minimum absolute atomic E-state index is 0.0225. The summed E-state index contributed by atoms with van der Waals surface area (Å²) in [5.74, 6) is 2.06. The van der Waals surface area contributed by atoms with Crippen LogP contribution in [0.1, 0.15) is 33.6 Å². The van der Waals surface area contributed by atoms with Crippen molar-refractivity contribution in [2.75, 3.05) is 44.2 Å². The standard InChI is InChI=1S/C25H33N5O2/c1-25(2,3)24(32)30-13-10-20(11-14-30)23(31)29-17-15-28(16-18-29)21-9-12-26-22(27-21)19-7-5-4-6-8-19/h4-9,12,20H,10-11,13-18H2,1-3H3. The third kappa shape index (κ3) is 4.92. The molecule has 2 fully saturated rings. The lowest BCUT2D eigenvalue weighted by Crippen LogP contribution is -2.52.